The second-order valence-corrected chi connectivity index (χ2v) is 8.30. The van der Waals surface area contributed by atoms with Crippen LogP contribution < -0.4 is 5.32 Å². The maximum absolute atomic E-state index is 4.52. The molecule has 1 heterocycles. The molecule has 0 amide bonds. The summed E-state index contributed by atoms with van der Waals surface area (Å²) in [5.74, 6) is 0.882. The van der Waals surface area contributed by atoms with Crippen LogP contribution in [0, 0.1) is 16.7 Å². The molecule has 1 aromatic heterocycles. The van der Waals surface area contributed by atoms with E-state index >= 15 is 0 Å². The predicted molar refractivity (Wildman–Crippen MR) is 88.2 cm³/mol. The standard InChI is InChI=1S/C17H30N2S/c1-5-18-12-17(10-15-11-20-13-19-15)8-6-14(7-9-17)16(2,3)4/h11,13-14,18H,5-10,12H2,1-4H3. The number of rotatable bonds is 5. The molecule has 0 saturated heterocycles. The van der Waals surface area contributed by atoms with Crippen LogP contribution in [0.5, 0.6) is 0 Å². The molecule has 2 nitrogen and oxygen atoms in total. The topological polar surface area (TPSA) is 24.9 Å². The van der Waals surface area contributed by atoms with E-state index in [1.807, 2.05) is 5.51 Å². The van der Waals surface area contributed by atoms with Gasteiger partial charge in [-0.05, 0) is 55.4 Å². The van der Waals surface area contributed by atoms with Crippen molar-refractivity contribution in [2.24, 2.45) is 16.7 Å². The van der Waals surface area contributed by atoms with Crippen molar-refractivity contribution in [2.45, 2.75) is 59.8 Å². The van der Waals surface area contributed by atoms with E-state index in [2.05, 4.69) is 43.4 Å². The minimum Gasteiger partial charge on any atom is -0.316 e. The summed E-state index contributed by atoms with van der Waals surface area (Å²) in [5, 5.41) is 5.83. The van der Waals surface area contributed by atoms with Gasteiger partial charge in [-0.2, -0.15) is 0 Å². The van der Waals surface area contributed by atoms with Crippen LogP contribution in [-0.2, 0) is 6.42 Å². The molecule has 0 aromatic carbocycles. The van der Waals surface area contributed by atoms with Crippen molar-refractivity contribution >= 4 is 11.3 Å². The van der Waals surface area contributed by atoms with Crippen molar-refractivity contribution in [3.63, 3.8) is 0 Å². The Morgan fingerprint density at radius 3 is 2.55 bits per heavy atom. The Balaban J connectivity index is 2.02. The third-order valence-electron chi connectivity index (χ3n) is 5.06. The highest BCUT2D eigenvalue weighted by Gasteiger charge is 2.38. The molecular formula is C17H30N2S. The van der Waals surface area contributed by atoms with Crippen molar-refractivity contribution in [2.75, 3.05) is 13.1 Å². The monoisotopic (exact) mass is 294 g/mol. The van der Waals surface area contributed by atoms with Gasteiger partial charge in [0.1, 0.15) is 0 Å². The van der Waals surface area contributed by atoms with Crippen LogP contribution in [0.4, 0.5) is 0 Å². The molecule has 0 bridgehead atoms. The lowest BCUT2D eigenvalue weighted by molar-refractivity contribution is 0.0860. The van der Waals surface area contributed by atoms with Gasteiger partial charge in [0.05, 0.1) is 11.2 Å². The van der Waals surface area contributed by atoms with Gasteiger partial charge in [-0.15, -0.1) is 11.3 Å². The van der Waals surface area contributed by atoms with E-state index < -0.39 is 0 Å². The molecule has 1 fully saturated rings. The molecule has 0 radical (unpaired) electrons. The summed E-state index contributed by atoms with van der Waals surface area (Å²) in [7, 11) is 0. The zero-order valence-corrected chi connectivity index (χ0v) is 14.4. The van der Waals surface area contributed by atoms with E-state index in [0.717, 1.165) is 25.4 Å². The van der Waals surface area contributed by atoms with Crippen molar-refractivity contribution < 1.29 is 0 Å². The van der Waals surface area contributed by atoms with Gasteiger partial charge in [-0.25, -0.2) is 4.98 Å². The van der Waals surface area contributed by atoms with Crippen LogP contribution in [0.1, 0.15) is 59.1 Å². The number of aromatic nitrogens is 1. The maximum atomic E-state index is 4.52. The summed E-state index contributed by atoms with van der Waals surface area (Å²) in [6.07, 6.45) is 6.59. The number of thiazole rings is 1. The molecule has 2 rings (SSSR count). The Morgan fingerprint density at radius 2 is 2.05 bits per heavy atom. The van der Waals surface area contributed by atoms with E-state index in [1.165, 1.54) is 31.4 Å². The van der Waals surface area contributed by atoms with Gasteiger partial charge in [-0.3, -0.25) is 0 Å². The van der Waals surface area contributed by atoms with Crippen LogP contribution in [0.15, 0.2) is 10.9 Å². The fourth-order valence-electron chi connectivity index (χ4n) is 3.61. The predicted octanol–water partition coefficient (Wildman–Crippen LogP) is 4.52. The lowest BCUT2D eigenvalue weighted by Crippen LogP contribution is -2.41. The van der Waals surface area contributed by atoms with Crippen LogP contribution in [-0.4, -0.2) is 18.1 Å². The molecule has 1 aliphatic rings. The highest BCUT2D eigenvalue weighted by atomic mass is 32.1. The van der Waals surface area contributed by atoms with Gasteiger partial charge in [0.25, 0.3) is 0 Å². The fourth-order valence-corrected chi connectivity index (χ4v) is 4.17. The number of hydrogen-bond donors (Lipinski definition) is 1. The van der Waals surface area contributed by atoms with Crippen LogP contribution in [0.25, 0.3) is 0 Å². The molecular weight excluding hydrogens is 264 g/mol. The van der Waals surface area contributed by atoms with E-state index in [1.54, 1.807) is 11.3 Å². The molecule has 3 heteroatoms. The third-order valence-corrected chi connectivity index (χ3v) is 5.70. The number of hydrogen-bond acceptors (Lipinski definition) is 3. The van der Waals surface area contributed by atoms with Crippen LogP contribution in [0.2, 0.25) is 0 Å². The molecule has 0 unspecified atom stereocenters. The molecule has 1 aromatic rings. The number of nitrogens with one attached hydrogen (secondary N) is 1. The molecule has 1 saturated carbocycles. The Bertz CT molecular complexity index is 384. The molecule has 0 aliphatic heterocycles. The second kappa shape index (κ2) is 6.57. The first-order valence-corrected chi connectivity index (χ1v) is 8.97. The van der Waals surface area contributed by atoms with Gasteiger partial charge < -0.3 is 5.32 Å². The first kappa shape index (κ1) is 16.0. The molecule has 0 atom stereocenters. The van der Waals surface area contributed by atoms with Gasteiger partial charge in [-0.1, -0.05) is 27.7 Å². The largest absolute Gasteiger partial charge is 0.316 e. The molecule has 20 heavy (non-hydrogen) atoms. The third kappa shape index (κ3) is 4.05. The van der Waals surface area contributed by atoms with Crippen molar-refractivity contribution in [1.82, 2.24) is 10.3 Å². The SMILES string of the molecule is CCNCC1(Cc2cscn2)CCC(C(C)(C)C)CC1. The van der Waals surface area contributed by atoms with E-state index in [4.69, 9.17) is 0 Å². The Labute approximate surface area is 128 Å². The van der Waals surface area contributed by atoms with Gasteiger partial charge >= 0.3 is 0 Å². The number of nitrogens with zero attached hydrogens (tertiary/aromatic N) is 1. The quantitative estimate of drug-likeness (QED) is 0.863. The minimum absolute atomic E-state index is 0.436. The Morgan fingerprint density at radius 1 is 1.35 bits per heavy atom. The lowest BCUT2D eigenvalue weighted by Gasteiger charge is -2.44. The first-order chi connectivity index (χ1) is 9.45. The van der Waals surface area contributed by atoms with E-state index in [9.17, 15) is 0 Å². The highest BCUT2D eigenvalue weighted by Crippen LogP contribution is 2.46. The maximum Gasteiger partial charge on any atom is 0.0794 e. The Kier molecular flexibility index (Phi) is 5.25. The summed E-state index contributed by atoms with van der Waals surface area (Å²) < 4.78 is 0. The van der Waals surface area contributed by atoms with Crippen LogP contribution >= 0.6 is 11.3 Å². The first-order valence-electron chi connectivity index (χ1n) is 8.03. The van der Waals surface area contributed by atoms with Gasteiger partial charge in [0.2, 0.25) is 0 Å². The summed E-state index contributed by atoms with van der Waals surface area (Å²) in [5.41, 5.74) is 4.16. The average molecular weight is 295 g/mol. The molecule has 1 N–H and O–H groups in total. The van der Waals surface area contributed by atoms with Crippen LogP contribution in [0.3, 0.4) is 0 Å². The summed E-state index contributed by atoms with van der Waals surface area (Å²) in [6.45, 7) is 11.6. The van der Waals surface area contributed by atoms with Crippen molar-refractivity contribution in [1.29, 1.82) is 0 Å². The zero-order chi connectivity index (χ0) is 14.6. The van der Waals surface area contributed by atoms with E-state index in [0.29, 0.717) is 10.8 Å². The summed E-state index contributed by atoms with van der Waals surface area (Å²) in [6, 6.07) is 0. The second-order valence-electron chi connectivity index (χ2n) is 7.58. The fraction of sp³-hybridized carbons (Fsp3) is 0.824. The molecule has 114 valence electrons. The normalized spacial score (nSPS) is 27.7. The lowest BCUT2D eigenvalue weighted by atomic mass is 9.62. The summed E-state index contributed by atoms with van der Waals surface area (Å²) in [4.78, 5) is 4.52. The molecule has 0 spiro atoms. The van der Waals surface area contributed by atoms with Crippen molar-refractivity contribution in [3.8, 4) is 0 Å². The average Bonchev–Trinajstić information content (AvgIpc) is 2.89. The summed E-state index contributed by atoms with van der Waals surface area (Å²) >= 11 is 1.72. The van der Waals surface area contributed by atoms with Gasteiger partial charge in [0.15, 0.2) is 0 Å². The van der Waals surface area contributed by atoms with Gasteiger partial charge in [0, 0.05) is 11.9 Å². The molecule has 1 aliphatic carbocycles. The Hall–Kier alpha value is -0.410. The smallest absolute Gasteiger partial charge is 0.0794 e. The van der Waals surface area contributed by atoms with Crippen molar-refractivity contribution in [3.05, 3.63) is 16.6 Å². The minimum atomic E-state index is 0.436. The highest BCUT2D eigenvalue weighted by molar-refractivity contribution is 7.07. The zero-order valence-electron chi connectivity index (χ0n) is 13.5. The van der Waals surface area contributed by atoms with E-state index in [-0.39, 0.29) is 0 Å².